The number of halogens is 1. The molecule has 0 saturated carbocycles. The van der Waals surface area contributed by atoms with Gasteiger partial charge in [-0.2, -0.15) is 5.26 Å². The van der Waals surface area contributed by atoms with E-state index in [1.807, 2.05) is 31.2 Å². The number of amides is 2. The van der Waals surface area contributed by atoms with Crippen molar-refractivity contribution in [2.75, 3.05) is 6.54 Å². The molecule has 28 heavy (non-hydrogen) atoms. The van der Waals surface area contributed by atoms with Gasteiger partial charge in [-0.25, -0.2) is 0 Å². The first kappa shape index (κ1) is 19.4. The van der Waals surface area contributed by atoms with Crippen molar-refractivity contribution in [3.63, 3.8) is 0 Å². The molecule has 2 amide bonds. The fourth-order valence-electron chi connectivity index (χ4n) is 2.90. The van der Waals surface area contributed by atoms with Gasteiger partial charge in [0.1, 0.15) is 23.2 Å². The summed E-state index contributed by atoms with van der Waals surface area (Å²) >= 11 is 6.18. The van der Waals surface area contributed by atoms with E-state index in [9.17, 15) is 14.9 Å². The predicted molar refractivity (Wildman–Crippen MR) is 107 cm³/mol. The molecule has 0 atom stereocenters. The number of carbonyl (C=O) groups excluding carboxylic acids is 2. The average Bonchev–Trinajstić information content (AvgIpc) is 3.14. The lowest BCUT2D eigenvalue weighted by Crippen LogP contribution is -2.42. The number of hydrogen-bond acceptors (Lipinski definition) is 4. The molecule has 5 nitrogen and oxygen atoms in total. The van der Waals surface area contributed by atoms with Crippen LogP contribution in [-0.4, -0.2) is 23.3 Å². The number of furan rings is 1. The number of hydrogen-bond donors (Lipinski definition) is 0. The van der Waals surface area contributed by atoms with Gasteiger partial charge in [-0.05, 0) is 49.3 Å². The summed E-state index contributed by atoms with van der Waals surface area (Å²) in [5.74, 6) is -0.0769. The van der Waals surface area contributed by atoms with E-state index in [0.29, 0.717) is 22.1 Å². The van der Waals surface area contributed by atoms with Crippen LogP contribution in [0, 0.1) is 18.3 Å². The molecule has 3 rings (SSSR count). The Kier molecular flexibility index (Phi) is 5.34. The standard InChI is InChI=1S/C22H17ClN2O3/c1-4-9-25-21(26)17(14(3)18(12-24)22(25)27)11-16-7-8-20(28-16)15-6-5-13(2)19(23)10-15/h4-8,10-11H,1,9H2,2-3H3/b17-11+. The first-order valence-corrected chi connectivity index (χ1v) is 8.91. The smallest absolute Gasteiger partial charge is 0.271 e. The van der Waals surface area contributed by atoms with E-state index in [1.165, 1.54) is 12.2 Å². The molecular weight excluding hydrogens is 376 g/mol. The summed E-state index contributed by atoms with van der Waals surface area (Å²) in [4.78, 5) is 26.1. The summed E-state index contributed by atoms with van der Waals surface area (Å²) in [7, 11) is 0. The zero-order valence-corrected chi connectivity index (χ0v) is 16.2. The van der Waals surface area contributed by atoms with E-state index in [2.05, 4.69) is 6.58 Å². The minimum atomic E-state index is -0.614. The monoisotopic (exact) mass is 392 g/mol. The van der Waals surface area contributed by atoms with E-state index in [0.717, 1.165) is 16.0 Å². The summed E-state index contributed by atoms with van der Waals surface area (Å²) in [5.41, 5.74) is 2.27. The molecule has 0 saturated heterocycles. The summed E-state index contributed by atoms with van der Waals surface area (Å²) in [6.07, 6.45) is 2.98. The minimum Gasteiger partial charge on any atom is -0.457 e. The van der Waals surface area contributed by atoms with E-state index in [4.69, 9.17) is 16.0 Å². The van der Waals surface area contributed by atoms with Crippen molar-refractivity contribution in [2.24, 2.45) is 0 Å². The van der Waals surface area contributed by atoms with Crippen LogP contribution in [-0.2, 0) is 9.59 Å². The fourth-order valence-corrected chi connectivity index (χ4v) is 3.08. The summed E-state index contributed by atoms with van der Waals surface area (Å²) in [6.45, 7) is 7.08. The Morgan fingerprint density at radius 2 is 1.96 bits per heavy atom. The van der Waals surface area contributed by atoms with Crippen molar-refractivity contribution >= 4 is 29.5 Å². The molecule has 140 valence electrons. The summed E-state index contributed by atoms with van der Waals surface area (Å²) in [5, 5.41) is 9.97. The van der Waals surface area contributed by atoms with Crippen molar-refractivity contribution in [3.8, 4) is 17.4 Å². The number of nitriles is 1. The van der Waals surface area contributed by atoms with Gasteiger partial charge in [-0.15, -0.1) is 6.58 Å². The fraction of sp³-hybridized carbons (Fsp3) is 0.136. The maximum absolute atomic E-state index is 12.7. The molecule has 1 aliphatic rings. The van der Waals surface area contributed by atoms with Crippen LogP contribution in [0.25, 0.3) is 17.4 Å². The maximum atomic E-state index is 12.7. The van der Waals surface area contributed by atoms with Crippen LogP contribution in [0.15, 0.2) is 64.1 Å². The van der Waals surface area contributed by atoms with Crippen LogP contribution in [0.2, 0.25) is 5.02 Å². The van der Waals surface area contributed by atoms with Gasteiger partial charge in [0.05, 0.1) is 0 Å². The molecular formula is C22H17ClN2O3. The zero-order valence-electron chi connectivity index (χ0n) is 15.5. The second kappa shape index (κ2) is 7.71. The van der Waals surface area contributed by atoms with Crippen LogP contribution in [0.1, 0.15) is 18.2 Å². The molecule has 0 radical (unpaired) electrons. The first-order valence-electron chi connectivity index (χ1n) is 8.54. The number of rotatable bonds is 4. The largest absolute Gasteiger partial charge is 0.457 e. The molecule has 0 aliphatic carbocycles. The molecule has 0 fully saturated rings. The maximum Gasteiger partial charge on any atom is 0.271 e. The van der Waals surface area contributed by atoms with Gasteiger partial charge in [-0.1, -0.05) is 29.8 Å². The van der Waals surface area contributed by atoms with Gasteiger partial charge in [-0.3, -0.25) is 14.5 Å². The Morgan fingerprint density at radius 3 is 2.61 bits per heavy atom. The quantitative estimate of drug-likeness (QED) is 0.430. The highest BCUT2D eigenvalue weighted by Crippen LogP contribution is 2.30. The number of carbonyl (C=O) groups is 2. The molecule has 2 heterocycles. The number of nitrogens with zero attached hydrogens (tertiary/aromatic N) is 2. The third kappa shape index (κ3) is 3.42. The Morgan fingerprint density at radius 1 is 1.21 bits per heavy atom. The average molecular weight is 393 g/mol. The third-order valence-corrected chi connectivity index (χ3v) is 4.91. The molecule has 0 N–H and O–H groups in total. The van der Waals surface area contributed by atoms with Crippen molar-refractivity contribution in [1.29, 1.82) is 5.26 Å². The highest BCUT2D eigenvalue weighted by atomic mass is 35.5. The molecule has 6 heteroatoms. The highest BCUT2D eigenvalue weighted by Gasteiger charge is 2.34. The molecule has 1 aromatic carbocycles. The minimum absolute atomic E-state index is 0.0265. The lowest BCUT2D eigenvalue weighted by molar-refractivity contribution is -0.139. The SMILES string of the molecule is C=CCN1C(=O)C(C#N)=C(C)/C(=C\c2ccc(-c3ccc(C)c(Cl)c3)o2)C1=O. The lowest BCUT2D eigenvalue weighted by Gasteiger charge is -2.26. The van der Waals surface area contributed by atoms with Crippen molar-refractivity contribution in [3.05, 3.63) is 76.1 Å². The van der Waals surface area contributed by atoms with E-state index in [-0.39, 0.29) is 17.7 Å². The highest BCUT2D eigenvalue weighted by molar-refractivity contribution is 6.31. The van der Waals surface area contributed by atoms with Gasteiger partial charge < -0.3 is 4.42 Å². The Bertz CT molecular complexity index is 1100. The molecule has 1 aliphatic heterocycles. The number of imide groups is 1. The Balaban J connectivity index is 2.03. The molecule has 0 spiro atoms. The van der Waals surface area contributed by atoms with Crippen LogP contribution < -0.4 is 0 Å². The second-order valence-corrected chi connectivity index (χ2v) is 6.75. The Hall–Kier alpha value is -3.36. The number of aryl methyl sites for hydroxylation is 1. The van der Waals surface area contributed by atoms with E-state index in [1.54, 1.807) is 19.1 Å². The molecule has 0 unspecified atom stereocenters. The second-order valence-electron chi connectivity index (χ2n) is 6.35. The topological polar surface area (TPSA) is 74.3 Å². The van der Waals surface area contributed by atoms with Crippen LogP contribution in [0.4, 0.5) is 0 Å². The molecule has 2 aromatic rings. The van der Waals surface area contributed by atoms with Crippen LogP contribution in [0.3, 0.4) is 0 Å². The van der Waals surface area contributed by atoms with Gasteiger partial charge in [0.25, 0.3) is 11.8 Å². The summed E-state index contributed by atoms with van der Waals surface area (Å²) in [6, 6.07) is 11.0. The van der Waals surface area contributed by atoms with Crippen LogP contribution in [0.5, 0.6) is 0 Å². The van der Waals surface area contributed by atoms with Gasteiger partial charge in [0.2, 0.25) is 0 Å². The predicted octanol–water partition coefficient (Wildman–Crippen LogP) is 4.69. The lowest BCUT2D eigenvalue weighted by atomic mass is 9.94. The first-order chi connectivity index (χ1) is 13.4. The van der Waals surface area contributed by atoms with Gasteiger partial charge in [0.15, 0.2) is 0 Å². The van der Waals surface area contributed by atoms with E-state index < -0.39 is 11.8 Å². The van der Waals surface area contributed by atoms with E-state index >= 15 is 0 Å². The van der Waals surface area contributed by atoms with Crippen molar-refractivity contribution in [2.45, 2.75) is 13.8 Å². The zero-order chi connectivity index (χ0) is 20.4. The number of benzene rings is 1. The molecule has 1 aromatic heterocycles. The summed E-state index contributed by atoms with van der Waals surface area (Å²) < 4.78 is 5.84. The van der Waals surface area contributed by atoms with Crippen molar-refractivity contribution in [1.82, 2.24) is 4.90 Å². The third-order valence-electron chi connectivity index (χ3n) is 4.51. The normalized spacial score (nSPS) is 15.9. The van der Waals surface area contributed by atoms with Gasteiger partial charge in [0, 0.05) is 22.7 Å². The van der Waals surface area contributed by atoms with Crippen molar-refractivity contribution < 1.29 is 14.0 Å². The van der Waals surface area contributed by atoms with Gasteiger partial charge >= 0.3 is 0 Å². The Labute approximate surface area is 167 Å². The molecule has 0 bridgehead atoms. The van der Waals surface area contributed by atoms with Crippen LogP contribution >= 0.6 is 11.6 Å².